The number of aliphatic carboxylic acids is 1. The molecule has 3 N–H and O–H groups in total. The number of aliphatic hydroxyl groups is 2. The Balaban J connectivity index is 0. The van der Waals surface area contributed by atoms with Gasteiger partial charge in [-0.25, -0.2) is 0 Å². The van der Waals surface area contributed by atoms with Crippen LogP contribution >= 0.6 is 0 Å². The van der Waals surface area contributed by atoms with Crippen LogP contribution < -0.4 is 0 Å². The zero-order valence-electron chi connectivity index (χ0n) is 17.5. The number of allylic oxidation sites excluding steroid dienone is 2. The van der Waals surface area contributed by atoms with Crippen LogP contribution in [-0.2, 0) is 4.79 Å². The predicted octanol–water partition coefficient (Wildman–Crippen LogP) is 5.86. The second-order valence-electron chi connectivity index (χ2n) is 7.21. The average Bonchev–Trinajstić information content (AvgIpc) is 2.58. The molecule has 4 nitrogen and oxygen atoms in total. The van der Waals surface area contributed by atoms with Crippen LogP contribution in [0, 0.1) is 0 Å². The fourth-order valence-electron chi connectivity index (χ4n) is 2.35. The van der Waals surface area contributed by atoms with Crippen molar-refractivity contribution in [3.63, 3.8) is 0 Å². The molecule has 0 radical (unpaired) electrons. The highest BCUT2D eigenvalue weighted by atomic mass is 16.4. The van der Waals surface area contributed by atoms with Crippen LogP contribution in [0.25, 0.3) is 0 Å². The third-order valence-electron chi connectivity index (χ3n) is 4.35. The summed E-state index contributed by atoms with van der Waals surface area (Å²) in [7, 11) is 0. The fraction of sp³-hybridized carbons (Fsp3) is 0.864. The summed E-state index contributed by atoms with van der Waals surface area (Å²) >= 11 is 0. The molecule has 2 atom stereocenters. The van der Waals surface area contributed by atoms with Gasteiger partial charge in [-0.05, 0) is 46.0 Å². The lowest BCUT2D eigenvalue weighted by molar-refractivity contribution is -0.137. The van der Waals surface area contributed by atoms with Gasteiger partial charge in [-0.2, -0.15) is 0 Å². The second-order valence-corrected chi connectivity index (χ2v) is 7.21. The molecule has 0 rings (SSSR count). The molecular weight excluding hydrogens is 328 g/mol. The van der Waals surface area contributed by atoms with Gasteiger partial charge in [0.05, 0.1) is 12.2 Å². The number of hydrogen-bond donors (Lipinski definition) is 3. The summed E-state index contributed by atoms with van der Waals surface area (Å²) < 4.78 is 0. The van der Waals surface area contributed by atoms with Gasteiger partial charge in [0, 0.05) is 6.42 Å². The molecule has 0 heterocycles. The van der Waals surface area contributed by atoms with E-state index in [1.165, 1.54) is 70.6 Å². The van der Waals surface area contributed by atoms with Gasteiger partial charge < -0.3 is 15.3 Å². The first-order valence-electron chi connectivity index (χ1n) is 10.6. The molecule has 2 unspecified atom stereocenters. The van der Waals surface area contributed by atoms with Gasteiger partial charge in [0.15, 0.2) is 0 Å². The molecule has 0 amide bonds. The van der Waals surface area contributed by atoms with E-state index in [9.17, 15) is 4.79 Å². The minimum atomic E-state index is -0.664. The van der Waals surface area contributed by atoms with E-state index < -0.39 is 18.2 Å². The lowest BCUT2D eigenvalue weighted by Crippen LogP contribution is -2.17. The van der Waals surface area contributed by atoms with E-state index in [0.717, 1.165) is 12.8 Å². The number of aliphatic hydroxyl groups excluding tert-OH is 2. The Kier molecular flexibility index (Phi) is 23.3. The van der Waals surface area contributed by atoms with Gasteiger partial charge in [-0.1, -0.05) is 70.4 Å². The molecule has 26 heavy (non-hydrogen) atoms. The van der Waals surface area contributed by atoms with Crippen LogP contribution in [-0.4, -0.2) is 33.5 Å². The molecule has 0 bridgehead atoms. The van der Waals surface area contributed by atoms with Crippen LogP contribution in [0.3, 0.4) is 0 Å². The van der Waals surface area contributed by atoms with E-state index in [0.29, 0.717) is 6.42 Å². The Morgan fingerprint density at radius 1 is 0.731 bits per heavy atom. The first-order valence-corrected chi connectivity index (χ1v) is 10.6. The number of rotatable bonds is 16. The van der Waals surface area contributed by atoms with Crippen LogP contribution in [0.5, 0.6) is 0 Å². The third kappa shape index (κ3) is 28.0. The second kappa shape index (κ2) is 22.2. The van der Waals surface area contributed by atoms with Crippen molar-refractivity contribution in [1.29, 1.82) is 0 Å². The summed E-state index contributed by atoms with van der Waals surface area (Å²) in [6, 6.07) is 0. The summed E-state index contributed by atoms with van der Waals surface area (Å²) in [5.41, 5.74) is 0. The van der Waals surface area contributed by atoms with E-state index in [-0.39, 0.29) is 0 Å². The number of carboxylic acid groups (broad SMARTS) is 1. The van der Waals surface area contributed by atoms with Crippen molar-refractivity contribution in [3.05, 3.63) is 12.2 Å². The summed E-state index contributed by atoms with van der Waals surface area (Å²) in [6.07, 6.45) is 20.1. The van der Waals surface area contributed by atoms with Gasteiger partial charge in [-0.15, -0.1) is 0 Å². The minimum absolute atomic E-state index is 0.332. The van der Waals surface area contributed by atoms with Crippen molar-refractivity contribution in [1.82, 2.24) is 0 Å². The Morgan fingerprint density at radius 3 is 1.50 bits per heavy atom. The van der Waals surface area contributed by atoms with Gasteiger partial charge in [-0.3, -0.25) is 4.79 Å². The SMILES string of the molecule is CC(O)C(C)O.CCCCCCCCC=CCCCCCCCC(=O)O. The van der Waals surface area contributed by atoms with Crippen molar-refractivity contribution in [2.75, 3.05) is 0 Å². The average molecular weight is 373 g/mol. The topological polar surface area (TPSA) is 77.8 Å². The van der Waals surface area contributed by atoms with E-state index in [4.69, 9.17) is 15.3 Å². The molecule has 0 aromatic carbocycles. The van der Waals surface area contributed by atoms with E-state index in [1.807, 2.05) is 0 Å². The van der Waals surface area contributed by atoms with E-state index in [1.54, 1.807) is 13.8 Å². The smallest absolute Gasteiger partial charge is 0.303 e. The zero-order valence-corrected chi connectivity index (χ0v) is 17.5. The van der Waals surface area contributed by atoms with Crippen molar-refractivity contribution in [2.45, 2.75) is 123 Å². The molecule has 0 aromatic rings. The summed E-state index contributed by atoms with van der Waals surface area (Å²) in [5, 5.41) is 25.3. The predicted molar refractivity (Wildman–Crippen MR) is 110 cm³/mol. The quantitative estimate of drug-likeness (QED) is 0.234. The highest BCUT2D eigenvalue weighted by Gasteiger charge is 1.99. The van der Waals surface area contributed by atoms with Crippen LogP contribution in [0.4, 0.5) is 0 Å². The Labute approximate surface area is 161 Å². The Hall–Kier alpha value is -0.870. The van der Waals surface area contributed by atoms with E-state index in [2.05, 4.69) is 19.1 Å². The first kappa shape index (κ1) is 27.3. The molecular formula is C22H44O4. The van der Waals surface area contributed by atoms with E-state index >= 15 is 0 Å². The first-order chi connectivity index (χ1) is 12.4. The number of unbranched alkanes of at least 4 members (excludes halogenated alkanes) is 11. The minimum Gasteiger partial charge on any atom is -0.481 e. The molecule has 0 aliphatic rings. The largest absolute Gasteiger partial charge is 0.481 e. The molecule has 0 aliphatic heterocycles. The number of carbonyl (C=O) groups is 1. The molecule has 0 saturated carbocycles. The highest BCUT2D eigenvalue weighted by Crippen LogP contribution is 2.09. The highest BCUT2D eigenvalue weighted by molar-refractivity contribution is 5.66. The maximum atomic E-state index is 10.3. The summed E-state index contributed by atoms with van der Waals surface area (Å²) in [5.74, 6) is -0.664. The fourth-order valence-corrected chi connectivity index (χ4v) is 2.35. The van der Waals surface area contributed by atoms with Crippen molar-refractivity contribution >= 4 is 5.97 Å². The Bertz CT molecular complexity index is 305. The lowest BCUT2D eigenvalue weighted by atomic mass is 10.1. The van der Waals surface area contributed by atoms with Gasteiger partial charge in [0.2, 0.25) is 0 Å². The molecule has 0 spiro atoms. The zero-order chi connectivity index (χ0) is 20.0. The maximum Gasteiger partial charge on any atom is 0.303 e. The molecule has 4 heteroatoms. The van der Waals surface area contributed by atoms with Crippen molar-refractivity contribution < 1.29 is 20.1 Å². The summed E-state index contributed by atoms with van der Waals surface area (Å²) in [6.45, 7) is 5.35. The van der Waals surface area contributed by atoms with Gasteiger partial charge in [0.1, 0.15) is 0 Å². The van der Waals surface area contributed by atoms with Crippen LogP contribution in [0.2, 0.25) is 0 Å². The van der Waals surface area contributed by atoms with Gasteiger partial charge in [0.25, 0.3) is 0 Å². The third-order valence-corrected chi connectivity index (χ3v) is 4.35. The monoisotopic (exact) mass is 372 g/mol. The maximum absolute atomic E-state index is 10.3. The summed E-state index contributed by atoms with van der Waals surface area (Å²) in [4.78, 5) is 10.3. The molecule has 0 saturated heterocycles. The van der Waals surface area contributed by atoms with Crippen molar-refractivity contribution in [2.24, 2.45) is 0 Å². The van der Waals surface area contributed by atoms with Crippen LogP contribution in [0.1, 0.15) is 111 Å². The normalized spacial score (nSPS) is 13.3. The Morgan fingerprint density at radius 2 is 1.12 bits per heavy atom. The standard InChI is InChI=1S/C18H34O2.C4H10O2/c1-2-3-4-5-6-7-8-9-10-11-12-13-14-15-16-17-18(19)20;1-3(5)4(2)6/h9-10H,2-8,11-17H2,1H3,(H,19,20);3-6H,1-2H3. The van der Waals surface area contributed by atoms with Gasteiger partial charge >= 0.3 is 5.97 Å². The molecule has 0 fully saturated rings. The molecule has 0 aliphatic carbocycles. The lowest BCUT2D eigenvalue weighted by Gasteiger charge is -2.03. The van der Waals surface area contributed by atoms with Crippen LogP contribution in [0.15, 0.2) is 12.2 Å². The van der Waals surface area contributed by atoms with Crippen molar-refractivity contribution in [3.8, 4) is 0 Å². The molecule has 156 valence electrons. The number of carboxylic acids is 1. The number of hydrogen-bond acceptors (Lipinski definition) is 3. The molecule has 0 aromatic heterocycles.